The van der Waals surface area contributed by atoms with Crippen molar-refractivity contribution in [2.24, 2.45) is 5.92 Å². The molecule has 0 N–H and O–H groups in total. The molecule has 0 bridgehead atoms. The van der Waals surface area contributed by atoms with Gasteiger partial charge in [0.25, 0.3) is 0 Å². The van der Waals surface area contributed by atoms with Crippen LogP contribution in [0.2, 0.25) is 6.04 Å². The highest BCUT2D eigenvalue weighted by atomic mass is 28.4. The van der Waals surface area contributed by atoms with Gasteiger partial charge in [-0.1, -0.05) is 49.4 Å². The highest BCUT2D eigenvalue weighted by Crippen LogP contribution is 2.25. The summed E-state index contributed by atoms with van der Waals surface area (Å²) in [4.78, 5) is 0. The second-order valence-corrected chi connectivity index (χ2v) is 8.87. The summed E-state index contributed by atoms with van der Waals surface area (Å²) in [5.41, 5.74) is 1.41. The molecular formula is C18H26O3Si. The third-order valence-electron chi connectivity index (χ3n) is 4.32. The van der Waals surface area contributed by atoms with Crippen molar-refractivity contribution in [3.05, 3.63) is 48.0 Å². The molecule has 22 heavy (non-hydrogen) atoms. The molecule has 0 aromatic heterocycles. The van der Waals surface area contributed by atoms with Gasteiger partial charge < -0.3 is 13.3 Å². The number of benzene rings is 2. The summed E-state index contributed by atoms with van der Waals surface area (Å²) in [6, 6.07) is 16.0. The fraction of sp³-hybridized carbons (Fsp3) is 0.444. The van der Waals surface area contributed by atoms with E-state index < -0.39 is 8.80 Å². The molecule has 0 radical (unpaired) electrons. The molecule has 0 spiro atoms. The molecule has 0 amide bonds. The first-order valence-corrected chi connectivity index (χ1v) is 9.69. The van der Waals surface area contributed by atoms with Crippen molar-refractivity contribution in [2.75, 3.05) is 21.3 Å². The Kier molecular flexibility index (Phi) is 6.14. The van der Waals surface area contributed by atoms with Gasteiger partial charge in [-0.3, -0.25) is 0 Å². The number of rotatable bonds is 8. The van der Waals surface area contributed by atoms with E-state index in [4.69, 9.17) is 13.3 Å². The Labute approximate surface area is 134 Å². The van der Waals surface area contributed by atoms with Crippen molar-refractivity contribution in [3.8, 4) is 0 Å². The van der Waals surface area contributed by atoms with E-state index in [-0.39, 0.29) is 0 Å². The molecule has 2 aromatic carbocycles. The van der Waals surface area contributed by atoms with Gasteiger partial charge in [0.2, 0.25) is 0 Å². The molecule has 1 unspecified atom stereocenters. The van der Waals surface area contributed by atoms with Crippen molar-refractivity contribution in [3.63, 3.8) is 0 Å². The minimum Gasteiger partial charge on any atom is -0.377 e. The van der Waals surface area contributed by atoms with Crippen molar-refractivity contribution >= 4 is 19.6 Å². The monoisotopic (exact) mass is 318 g/mol. The Morgan fingerprint density at radius 3 is 2.23 bits per heavy atom. The quantitative estimate of drug-likeness (QED) is 0.680. The van der Waals surface area contributed by atoms with Crippen LogP contribution in [0.3, 0.4) is 0 Å². The van der Waals surface area contributed by atoms with Crippen LogP contribution >= 0.6 is 0 Å². The van der Waals surface area contributed by atoms with E-state index in [1.807, 2.05) is 0 Å². The van der Waals surface area contributed by atoms with Gasteiger partial charge in [-0.2, -0.15) is 0 Å². The molecule has 0 fully saturated rings. The second-order valence-electron chi connectivity index (χ2n) is 5.78. The zero-order valence-electron chi connectivity index (χ0n) is 14.0. The molecule has 0 saturated carbocycles. The summed E-state index contributed by atoms with van der Waals surface area (Å²) in [7, 11) is 2.57. The number of hydrogen-bond acceptors (Lipinski definition) is 3. The van der Waals surface area contributed by atoms with E-state index in [9.17, 15) is 0 Å². The third-order valence-corrected chi connectivity index (χ3v) is 7.09. The Balaban J connectivity index is 2.03. The third kappa shape index (κ3) is 3.96. The first kappa shape index (κ1) is 17.2. The lowest BCUT2D eigenvalue weighted by Crippen LogP contribution is -2.42. The van der Waals surface area contributed by atoms with E-state index >= 15 is 0 Å². The summed E-state index contributed by atoms with van der Waals surface area (Å²) >= 11 is 0. The fourth-order valence-corrected chi connectivity index (χ4v) is 4.89. The predicted octanol–water partition coefficient (Wildman–Crippen LogP) is 4.29. The van der Waals surface area contributed by atoms with E-state index in [2.05, 4.69) is 49.4 Å². The second kappa shape index (κ2) is 7.88. The van der Waals surface area contributed by atoms with E-state index in [0.717, 1.165) is 18.9 Å². The van der Waals surface area contributed by atoms with Gasteiger partial charge in [-0.15, -0.1) is 0 Å². The molecule has 4 heteroatoms. The smallest absolute Gasteiger partial charge is 0.377 e. The van der Waals surface area contributed by atoms with Crippen molar-refractivity contribution in [2.45, 2.75) is 25.8 Å². The average molecular weight is 318 g/mol. The maximum atomic E-state index is 5.50. The van der Waals surface area contributed by atoms with Crippen LogP contribution in [0.4, 0.5) is 0 Å². The fourth-order valence-electron chi connectivity index (χ4n) is 2.93. The SMILES string of the molecule is CO[Si](CCC(C)Cc1cccc2ccccc12)(OC)OC. The van der Waals surface area contributed by atoms with E-state index in [1.165, 1.54) is 16.3 Å². The lowest BCUT2D eigenvalue weighted by atomic mass is 9.94. The zero-order valence-corrected chi connectivity index (χ0v) is 15.0. The summed E-state index contributed by atoms with van der Waals surface area (Å²) in [5.74, 6) is 0.554. The Morgan fingerprint density at radius 2 is 1.55 bits per heavy atom. The topological polar surface area (TPSA) is 27.7 Å². The summed E-state index contributed by atoms with van der Waals surface area (Å²) < 4.78 is 16.5. The number of fused-ring (bicyclic) bond motifs is 1. The first-order valence-electron chi connectivity index (χ1n) is 7.76. The van der Waals surface area contributed by atoms with Gasteiger partial charge in [0, 0.05) is 27.4 Å². The molecule has 0 aliphatic rings. The van der Waals surface area contributed by atoms with Gasteiger partial charge >= 0.3 is 8.80 Å². The van der Waals surface area contributed by atoms with Crippen LogP contribution in [0.1, 0.15) is 18.9 Å². The number of hydrogen-bond donors (Lipinski definition) is 0. The van der Waals surface area contributed by atoms with E-state index in [1.54, 1.807) is 21.3 Å². The van der Waals surface area contributed by atoms with Crippen LogP contribution < -0.4 is 0 Å². The lowest BCUT2D eigenvalue weighted by molar-refractivity contribution is 0.121. The minimum absolute atomic E-state index is 0.554. The van der Waals surface area contributed by atoms with Crippen molar-refractivity contribution < 1.29 is 13.3 Å². The van der Waals surface area contributed by atoms with Crippen LogP contribution in [-0.2, 0) is 19.7 Å². The molecule has 2 aromatic rings. The van der Waals surface area contributed by atoms with Gasteiger partial charge in [0.15, 0.2) is 0 Å². The summed E-state index contributed by atoms with van der Waals surface area (Å²) in [6.07, 6.45) is 2.09. The molecule has 1 atom stereocenters. The normalized spacial score (nSPS) is 13.5. The van der Waals surface area contributed by atoms with E-state index in [0.29, 0.717) is 5.92 Å². The van der Waals surface area contributed by atoms with Crippen LogP contribution in [0, 0.1) is 5.92 Å². The van der Waals surface area contributed by atoms with Crippen LogP contribution in [0.5, 0.6) is 0 Å². The predicted molar refractivity (Wildman–Crippen MR) is 93.0 cm³/mol. The Bertz CT molecular complexity index is 582. The summed E-state index contributed by atoms with van der Waals surface area (Å²) in [6.45, 7) is 2.28. The molecule has 0 heterocycles. The highest BCUT2D eigenvalue weighted by molar-refractivity contribution is 6.60. The standard InChI is InChI=1S/C18H26O3Si/c1-15(12-13-22(19-2,20-3)21-4)14-17-10-7-9-16-8-5-6-11-18(16)17/h5-11,15H,12-14H2,1-4H3. The molecule has 3 nitrogen and oxygen atoms in total. The maximum absolute atomic E-state index is 5.50. The molecule has 0 saturated heterocycles. The molecular weight excluding hydrogens is 292 g/mol. The van der Waals surface area contributed by atoms with Crippen LogP contribution in [0.15, 0.2) is 42.5 Å². The molecule has 2 rings (SSSR count). The van der Waals surface area contributed by atoms with Crippen molar-refractivity contribution in [1.29, 1.82) is 0 Å². The Morgan fingerprint density at radius 1 is 0.909 bits per heavy atom. The van der Waals surface area contributed by atoms with Crippen LogP contribution in [0.25, 0.3) is 10.8 Å². The van der Waals surface area contributed by atoms with Gasteiger partial charge in [-0.05, 0) is 35.1 Å². The first-order chi connectivity index (χ1) is 10.6. The van der Waals surface area contributed by atoms with Gasteiger partial charge in [0.05, 0.1) is 0 Å². The van der Waals surface area contributed by atoms with Gasteiger partial charge in [0.1, 0.15) is 0 Å². The van der Waals surface area contributed by atoms with Crippen LogP contribution in [-0.4, -0.2) is 30.1 Å². The van der Waals surface area contributed by atoms with Gasteiger partial charge in [-0.25, -0.2) is 0 Å². The minimum atomic E-state index is -2.45. The Hall–Kier alpha value is -1.20. The zero-order chi connectivity index (χ0) is 16.0. The highest BCUT2D eigenvalue weighted by Gasteiger charge is 2.37. The molecule has 0 aliphatic heterocycles. The summed E-state index contributed by atoms with van der Waals surface area (Å²) in [5, 5.41) is 2.66. The largest absolute Gasteiger partial charge is 0.500 e. The average Bonchev–Trinajstić information content (AvgIpc) is 2.57. The maximum Gasteiger partial charge on any atom is 0.500 e. The molecule has 120 valence electrons. The molecule has 0 aliphatic carbocycles. The lowest BCUT2D eigenvalue weighted by Gasteiger charge is -2.25. The van der Waals surface area contributed by atoms with Crippen molar-refractivity contribution in [1.82, 2.24) is 0 Å².